The molecule has 1 aliphatic heterocycles. The number of ether oxygens (including phenoxy) is 1. The maximum absolute atomic E-state index is 11.3. The molecule has 0 saturated carbocycles. The maximum atomic E-state index is 11.3. The Morgan fingerprint density at radius 2 is 2.36 bits per heavy atom. The van der Waals surface area contributed by atoms with Crippen molar-refractivity contribution in [3.8, 4) is 0 Å². The van der Waals surface area contributed by atoms with E-state index in [2.05, 4.69) is 25.7 Å². The molecule has 0 saturated heterocycles. The maximum Gasteiger partial charge on any atom is 0.337 e. The molecule has 1 heterocycles. The van der Waals surface area contributed by atoms with E-state index in [1.165, 1.54) is 7.11 Å². The summed E-state index contributed by atoms with van der Waals surface area (Å²) in [6.45, 7) is 0.678. The van der Waals surface area contributed by atoms with Crippen molar-refractivity contribution in [3.05, 3.63) is 33.3 Å². The first-order chi connectivity index (χ1) is 6.72. The molecule has 1 aromatic carbocycles. The summed E-state index contributed by atoms with van der Waals surface area (Å²) in [7, 11) is 1.37. The summed E-state index contributed by atoms with van der Waals surface area (Å²) in [5.74, 6) is -0.325. The molecule has 0 aromatic heterocycles. The fourth-order valence-electron chi connectivity index (χ4n) is 1.41. The first kappa shape index (κ1) is 9.40. The Kier molecular flexibility index (Phi) is 2.37. The summed E-state index contributed by atoms with van der Waals surface area (Å²) in [6.07, 6.45) is 1.77. The minimum absolute atomic E-state index is 0.325. The minimum Gasteiger partial charge on any atom is -0.465 e. The van der Waals surface area contributed by atoms with Crippen LogP contribution in [0.3, 0.4) is 0 Å². The number of fused-ring (bicyclic) bond motifs is 1. The number of aliphatic imine (C=N–C) groups is 1. The molecule has 1 aromatic rings. The van der Waals surface area contributed by atoms with Gasteiger partial charge in [0, 0.05) is 10.7 Å². The Labute approximate surface area is 89.9 Å². The van der Waals surface area contributed by atoms with E-state index in [1.807, 2.05) is 0 Å². The summed E-state index contributed by atoms with van der Waals surface area (Å²) >= 11 is 3.41. The molecule has 0 N–H and O–H groups in total. The van der Waals surface area contributed by atoms with Gasteiger partial charge in [-0.15, -0.1) is 0 Å². The van der Waals surface area contributed by atoms with Crippen LogP contribution in [0.25, 0.3) is 0 Å². The summed E-state index contributed by atoms with van der Waals surface area (Å²) in [5.41, 5.74) is 2.66. The predicted molar refractivity (Wildman–Crippen MR) is 56.8 cm³/mol. The van der Waals surface area contributed by atoms with Crippen molar-refractivity contribution in [3.63, 3.8) is 0 Å². The van der Waals surface area contributed by atoms with Gasteiger partial charge in [-0.05, 0) is 23.3 Å². The van der Waals surface area contributed by atoms with E-state index in [1.54, 1.807) is 18.3 Å². The van der Waals surface area contributed by atoms with Crippen LogP contribution in [0.2, 0.25) is 0 Å². The molecule has 1 aliphatic rings. The quantitative estimate of drug-likeness (QED) is 0.720. The van der Waals surface area contributed by atoms with E-state index in [0.29, 0.717) is 12.1 Å². The highest BCUT2D eigenvalue weighted by atomic mass is 79.9. The summed E-state index contributed by atoms with van der Waals surface area (Å²) in [5, 5.41) is 0. The standard InChI is InChI=1S/C10H8BrNO2/c1-14-10(13)6-2-7-4-12-5-8(7)9(11)3-6/h2-4H,5H2,1H3. The summed E-state index contributed by atoms with van der Waals surface area (Å²) in [4.78, 5) is 15.4. The van der Waals surface area contributed by atoms with Crippen LogP contribution in [0.4, 0.5) is 0 Å². The van der Waals surface area contributed by atoms with E-state index in [4.69, 9.17) is 0 Å². The van der Waals surface area contributed by atoms with Crippen LogP contribution in [-0.4, -0.2) is 19.3 Å². The first-order valence-corrected chi connectivity index (χ1v) is 4.92. The third kappa shape index (κ3) is 1.46. The monoisotopic (exact) mass is 253 g/mol. The Hall–Kier alpha value is -1.16. The van der Waals surface area contributed by atoms with Crippen molar-refractivity contribution in [1.82, 2.24) is 0 Å². The Morgan fingerprint density at radius 1 is 1.57 bits per heavy atom. The second kappa shape index (κ2) is 3.53. The fourth-order valence-corrected chi connectivity index (χ4v) is 2.01. The molecule has 0 amide bonds. The fraction of sp³-hybridized carbons (Fsp3) is 0.200. The number of hydrogen-bond acceptors (Lipinski definition) is 3. The van der Waals surface area contributed by atoms with Gasteiger partial charge in [-0.3, -0.25) is 4.99 Å². The lowest BCUT2D eigenvalue weighted by atomic mass is 10.1. The topological polar surface area (TPSA) is 38.7 Å². The van der Waals surface area contributed by atoms with Gasteiger partial charge >= 0.3 is 5.97 Å². The number of methoxy groups -OCH3 is 1. The van der Waals surface area contributed by atoms with Crippen molar-refractivity contribution in [2.75, 3.05) is 7.11 Å². The predicted octanol–water partition coefficient (Wildman–Crippen LogP) is 2.17. The van der Waals surface area contributed by atoms with E-state index in [9.17, 15) is 4.79 Å². The van der Waals surface area contributed by atoms with Crippen LogP contribution in [0.5, 0.6) is 0 Å². The smallest absolute Gasteiger partial charge is 0.337 e. The zero-order chi connectivity index (χ0) is 10.1. The second-order valence-corrected chi connectivity index (χ2v) is 3.84. The molecule has 0 fully saturated rings. The van der Waals surface area contributed by atoms with Gasteiger partial charge in [0.15, 0.2) is 0 Å². The van der Waals surface area contributed by atoms with Crippen LogP contribution in [-0.2, 0) is 11.3 Å². The van der Waals surface area contributed by atoms with E-state index >= 15 is 0 Å². The molecular weight excluding hydrogens is 246 g/mol. The molecule has 0 unspecified atom stereocenters. The number of rotatable bonds is 1. The normalized spacial score (nSPS) is 12.7. The van der Waals surface area contributed by atoms with Gasteiger partial charge < -0.3 is 4.74 Å². The van der Waals surface area contributed by atoms with Crippen molar-refractivity contribution in [1.29, 1.82) is 0 Å². The van der Waals surface area contributed by atoms with Crippen LogP contribution in [0.15, 0.2) is 21.6 Å². The van der Waals surface area contributed by atoms with E-state index in [0.717, 1.165) is 15.6 Å². The zero-order valence-electron chi connectivity index (χ0n) is 7.58. The first-order valence-electron chi connectivity index (χ1n) is 4.13. The van der Waals surface area contributed by atoms with Gasteiger partial charge in [-0.25, -0.2) is 4.79 Å². The second-order valence-electron chi connectivity index (χ2n) is 2.99. The molecule has 2 rings (SSSR count). The average Bonchev–Trinajstić information content (AvgIpc) is 2.64. The van der Waals surface area contributed by atoms with Crippen molar-refractivity contribution >= 4 is 28.1 Å². The zero-order valence-corrected chi connectivity index (χ0v) is 9.17. The lowest BCUT2D eigenvalue weighted by Crippen LogP contribution is -2.02. The van der Waals surface area contributed by atoms with E-state index in [-0.39, 0.29) is 5.97 Å². The average molecular weight is 254 g/mol. The molecule has 0 spiro atoms. The molecule has 4 heteroatoms. The Bertz CT molecular complexity index is 426. The largest absolute Gasteiger partial charge is 0.465 e. The van der Waals surface area contributed by atoms with Crippen LogP contribution < -0.4 is 0 Å². The highest BCUT2D eigenvalue weighted by Gasteiger charge is 2.15. The van der Waals surface area contributed by atoms with Gasteiger partial charge in [-0.1, -0.05) is 15.9 Å². The van der Waals surface area contributed by atoms with Gasteiger partial charge in [0.25, 0.3) is 0 Å². The van der Waals surface area contributed by atoms with Crippen LogP contribution in [0, 0.1) is 0 Å². The molecule has 3 nitrogen and oxygen atoms in total. The summed E-state index contributed by atoms with van der Waals surface area (Å²) in [6, 6.07) is 3.56. The number of carbonyl (C=O) groups excluding carboxylic acids is 1. The molecule has 14 heavy (non-hydrogen) atoms. The van der Waals surface area contributed by atoms with Gasteiger partial charge in [0.1, 0.15) is 0 Å². The molecule has 0 aliphatic carbocycles. The third-order valence-corrected chi connectivity index (χ3v) is 2.84. The van der Waals surface area contributed by atoms with Crippen molar-refractivity contribution < 1.29 is 9.53 Å². The minimum atomic E-state index is -0.325. The highest BCUT2D eigenvalue weighted by molar-refractivity contribution is 9.10. The van der Waals surface area contributed by atoms with Crippen LogP contribution >= 0.6 is 15.9 Å². The number of esters is 1. The SMILES string of the molecule is COC(=O)c1cc(Br)c2c(c1)C=NC2. The Balaban J connectivity index is 2.51. The Morgan fingerprint density at radius 3 is 3.07 bits per heavy atom. The number of nitrogens with zero attached hydrogens (tertiary/aromatic N) is 1. The van der Waals surface area contributed by atoms with Crippen LogP contribution in [0.1, 0.15) is 21.5 Å². The number of hydrogen-bond donors (Lipinski definition) is 0. The summed E-state index contributed by atoms with van der Waals surface area (Å²) < 4.78 is 5.56. The van der Waals surface area contributed by atoms with Crippen molar-refractivity contribution in [2.24, 2.45) is 4.99 Å². The molecule has 0 bridgehead atoms. The molecular formula is C10H8BrNO2. The van der Waals surface area contributed by atoms with Crippen molar-refractivity contribution in [2.45, 2.75) is 6.54 Å². The lowest BCUT2D eigenvalue weighted by Gasteiger charge is -2.04. The number of benzene rings is 1. The molecule has 0 radical (unpaired) electrons. The van der Waals surface area contributed by atoms with Gasteiger partial charge in [-0.2, -0.15) is 0 Å². The van der Waals surface area contributed by atoms with E-state index < -0.39 is 0 Å². The highest BCUT2D eigenvalue weighted by Crippen LogP contribution is 2.26. The number of halogens is 1. The number of carbonyl (C=O) groups is 1. The molecule has 0 atom stereocenters. The lowest BCUT2D eigenvalue weighted by molar-refractivity contribution is 0.0600. The van der Waals surface area contributed by atoms with Gasteiger partial charge in [0.05, 0.1) is 19.2 Å². The third-order valence-electron chi connectivity index (χ3n) is 2.13. The van der Waals surface area contributed by atoms with Gasteiger partial charge in [0.2, 0.25) is 0 Å². The molecule has 72 valence electrons.